The van der Waals surface area contributed by atoms with E-state index in [9.17, 15) is 0 Å². The average Bonchev–Trinajstić information content (AvgIpc) is 2.94. The molecule has 1 aromatic heterocycles. The summed E-state index contributed by atoms with van der Waals surface area (Å²) in [6.07, 6.45) is 4.95. The SMILES string of the molecule is CC1CCCC1C(Cc1nc(C(C)(C)C)cs1)NN. The van der Waals surface area contributed by atoms with E-state index in [2.05, 4.69) is 38.5 Å². The predicted molar refractivity (Wildman–Crippen MR) is 82.1 cm³/mol. The van der Waals surface area contributed by atoms with Crippen molar-refractivity contribution >= 4 is 11.3 Å². The van der Waals surface area contributed by atoms with Crippen LogP contribution in [0.15, 0.2) is 5.38 Å². The van der Waals surface area contributed by atoms with E-state index in [1.807, 2.05) is 0 Å². The molecule has 1 aliphatic carbocycles. The van der Waals surface area contributed by atoms with Gasteiger partial charge in [-0.1, -0.05) is 40.5 Å². The third-order valence-electron chi connectivity index (χ3n) is 4.37. The molecule has 0 saturated heterocycles. The van der Waals surface area contributed by atoms with E-state index >= 15 is 0 Å². The fourth-order valence-corrected chi connectivity index (χ4v) is 4.12. The third-order valence-corrected chi connectivity index (χ3v) is 5.24. The number of hydrogen-bond donors (Lipinski definition) is 2. The summed E-state index contributed by atoms with van der Waals surface area (Å²) >= 11 is 1.77. The minimum atomic E-state index is 0.140. The van der Waals surface area contributed by atoms with Gasteiger partial charge in [-0.05, 0) is 18.3 Å². The second kappa shape index (κ2) is 5.90. The van der Waals surface area contributed by atoms with Crippen LogP contribution in [-0.2, 0) is 11.8 Å². The zero-order chi connectivity index (χ0) is 14.0. The number of nitrogens with zero attached hydrogens (tertiary/aromatic N) is 1. The summed E-state index contributed by atoms with van der Waals surface area (Å²) in [5, 5.41) is 3.41. The Kier molecular flexibility index (Phi) is 4.64. The second-order valence-electron chi connectivity index (χ2n) is 6.93. The van der Waals surface area contributed by atoms with Gasteiger partial charge in [-0.15, -0.1) is 11.3 Å². The van der Waals surface area contributed by atoms with Gasteiger partial charge in [0.2, 0.25) is 0 Å². The maximum atomic E-state index is 5.78. The molecule has 0 bridgehead atoms. The van der Waals surface area contributed by atoms with Crippen molar-refractivity contribution in [3.63, 3.8) is 0 Å². The first-order valence-electron chi connectivity index (χ1n) is 7.33. The van der Waals surface area contributed by atoms with Gasteiger partial charge in [0.15, 0.2) is 0 Å². The van der Waals surface area contributed by atoms with Crippen LogP contribution in [0.4, 0.5) is 0 Å². The highest BCUT2D eigenvalue weighted by atomic mass is 32.1. The summed E-state index contributed by atoms with van der Waals surface area (Å²) in [5.74, 6) is 7.26. The Labute approximate surface area is 121 Å². The van der Waals surface area contributed by atoms with Crippen LogP contribution in [0.3, 0.4) is 0 Å². The van der Waals surface area contributed by atoms with Crippen molar-refractivity contribution in [2.24, 2.45) is 17.7 Å². The van der Waals surface area contributed by atoms with Gasteiger partial charge in [-0.2, -0.15) is 0 Å². The van der Waals surface area contributed by atoms with Crippen molar-refractivity contribution in [2.45, 2.75) is 64.8 Å². The van der Waals surface area contributed by atoms with Crippen LogP contribution in [0.25, 0.3) is 0 Å². The highest BCUT2D eigenvalue weighted by molar-refractivity contribution is 7.09. The predicted octanol–water partition coefficient (Wildman–Crippen LogP) is 3.25. The van der Waals surface area contributed by atoms with Crippen molar-refractivity contribution in [1.29, 1.82) is 0 Å². The summed E-state index contributed by atoms with van der Waals surface area (Å²) < 4.78 is 0. The molecule has 3 nitrogen and oxygen atoms in total. The molecule has 4 heteroatoms. The lowest BCUT2D eigenvalue weighted by Crippen LogP contribution is -2.43. The van der Waals surface area contributed by atoms with E-state index in [1.165, 1.54) is 30.0 Å². The Morgan fingerprint density at radius 2 is 2.21 bits per heavy atom. The molecule has 1 fully saturated rings. The molecule has 0 aliphatic heterocycles. The number of aromatic nitrogens is 1. The summed E-state index contributed by atoms with van der Waals surface area (Å²) in [7, 11) is 0. The van der Waals surface area contributed by atoms with E-state index in [0.29, 0.717) is 12.0 Å². The zero-order valence-corrected chi connectivity index (χ0v) is 13.4. The minimum Gasteiger partial charge on any atom is -0.271 e. The molecule has 2 rings (SSSR count). The lowest BCUT2D eigenvalue weighted by molar-refractivity contribution is 0.297. The molecule has 0 aromatic carbocycles. The summed E-state index contributed by atoms with van der Waals surface area (Å²) in [6, 6.07) is 0.372. The minimum absolute atomic E-state index is 0.140. The third kappa shape index (κ3) is 3.56. The number of nitrogens with two attached hydrogens (primary N) is 1. The molecular weight excluding hydrogens is 254 g/mol. The van der Waals surface area contributed by atoms with Crippen molar-refractivity contribution in [1.82, 2.24) is 10.4 Å². The quantitative estimate of drug-likeness (QED) is 0.658. The Bertz CT molecular complexity index is 408. The molecule has 108 valence electrons. The normalized spacial score (nSPS) is 25.7. The van der Waals surface area contributed by atoms with E-state index < -0.39 is 0 Å². The van der Waals surface area contributed by atoms with Crippen LogP contribution >= 0.6 is 11.3 Å². The highest BCUT2D eigenvalue weighted by Gasteiger charge is 2.31. The molecule has 1 aliphatic rings. The second-order valence-corrected chi connectivity index (χ2v) is 7.87. The number of hydrazine groups is 1. The standard InChI is InChI=1S/C15H27N3S/c1-10-6-5-7-11(10)12(18-16)8-14-17-13(9-19-14)15(2,3)4/h9-12,18H,5-8,16H2,1-4H3. The molecule has 3 unspecified atom stereocenters. The van der Waals surface area contributed by atoms with E-state index in [-0.39, 0.29) is 5.41 Å². The first-order valence-corrected chi connectivity index (χ1v) is 8.21. The van der Waals surface area contributed by atoms with Gasteiger partial charge in [0.1, 0.15) is 0 Å². The van der Waals surface area contributed by atoms with Gasteiger partial charge in [-0.3, -0.25) is 11.3 Å². The first kappa shape index (κ1) is 14.9. The Morgan fingerprint density at radius 3 is 2.68 bits per heavy atom. The van der Waals surface area contributed by atoms with Crippen LogP contribution in [0.5, 0.6) is 0 Å². The van der Waals surface area contributed by atoms with Gasteiger partial charge in [0.05, 0.1) is 10.7 Å². The maximum absolute atomic E-state index is 5.78. The molecule has 3 N–H and O–H groups in total. The summed E-state index contributed by atoms with van der Waals surface area (Å²) in [4.78, 5) is 4.79. The van der Waals surface area contributed by atoms with Crippen LogP contribution in [0.2, 0.25) is 0 Å². The molecule has 19 heavy (non-hydrogen) atoms. The molecule has 1 saturated carbocycles. The zero-order valence-electron chi connectivity index (χ0n) is 12.6. The van der Waals surface area contributed by atoms with Crippen LogP contribution < -0.4 is 11.3 Å². The summed E-state index contributed by atoms with van der Waals surface area (Å²) in [6.45, 7) is 8.99. The van der Waals surface area contributed by atoms with Crippen molar-refractivity contribution in [3.05, 3.63) is 16.1 Å². The van der Waals surface area contributed by atoms with Crippen molar-refractivity contribution in [2.75, 3.05) is 0 Å². The smallest absolute Gasteiger partial charge is 0.0944 e. The fraction of sp³-hybridized carbons (Fsp3) is 0.800. The number of rotatable bonds is 4. The lowest BCUT2D eigenvalue weighted by Gasteiger charge is -2.25. The van der Waals surface area contributed by atoms with Gasteiger partial charge in [-0.25, -0.2) is 4.98 Å². The monoisotopic (exact) mass is 281 g/mol. The van der Waals surface area contributed by atoms with Crippen LogP contribution in [-0.4, -0.2) is 11.0 Å². The molecule has 0 amide bonds. The Morgan fingerprint density at radius 1 is 1.47 bits per heavy atom. The molecular formula is C15H27N3S. The molecule has 0 spiro atoms. The van der Waals surface area contributed by atoms with Crippen LogP contribution in [0, 0.1) is 11.8 Å². The van der Waals surface area contributed by atoms with Crippen molar-refractivity contribution in [3.8, 4) is 0 Å². The van der Waals surface area contributed by atoms with Gasteiger partial charge < -0.3 is 0 Å². The maximum Gasteiger partial charge on any atom is 0.0944 e. The largest absolute Gasteiger partial charge is 0.271 e. The Balaban J connectivity index is 2.04. The lowest BCUT2D eigenvalue weighted by atomic mass is 9.89. The average molecular weight is 281 g/mol. The van der Waals surface area contributed by atoms with Gasteiger partial charge in [0, 0.05) is 23.3 Å². The molecule has 0 radical (unpaired) electrons. The van der Waals surface area contributed by atoms with E-state index in [0.717, 1.165) is 12.3 Å². The van der Waals surface area contributed by atoms with E-state index in [1.54, 1.807) is 11.3 Å². The fourth-order valence-electron chi connectivity index (χ4n) is 3.04. The first-order chi connectivity index (χ1) is 8.91. The van der Waals surface area contributed by atoms with E-state index in [4.69, 9.17) is 10.8 Å². The number of hydrogen-bond acceptors (Lipinski definition) is 4. The molecule has 3 atom stereocenters. The number of thiazole rings is 1. The Hall–Kier alpha value is -0.450. The summed E-state index contributed by atoms with van der Waals surface area (Å²) in [5.41, 5.74) is 4.37. The molecule has 1 aromatic rings. The molecule has 1 heterocycles. The number of nitrogens with one attached hydrogen (secondary N) is 1. The highest BCUT2D eigenvalue weighted by Crippen LogP contribution is 2.35. The van der Waals surface area contributed by atoms with Gasteiger partial charge >= 0.3 is 0 Å². The topological polar surface area (TPSA) is 50.9 Å². The van der Waals surface area contributed by atoms with Gasteiger partial charge in [0.25, 0.3) is 0 Å². The van der Waals surface area contributed by atoms with Crippen molar-refractivity contribution < 1.29 is 0 Å². The van der Waals surface area contributed by atoms with Crippen LogP contribution in [0.1, 0.15) is 57.7 Å².